The topological polar surface area (TPSA) is 150 Å². The van der Waals surface area contributed by atoms with Crippen LogP contribution in [0.3, 0.4) is 0 Å². The summed E-state index contributed by atoms with van der Waals surface area (Å²) in [6.45, 7) is 1.36. The lowest BCUT2D eigenvalue weighted by Crippen LogP contribution is -2.43. The first kappa shape index (κ1) is 16.6. The van der Waals surface area contributed by atoms with Gasteiger partial charge in [-0.05, 0) is 6.92 Å². The van der Waals surface area contributed by atoms with E-state index in [4.69, 9.17) is 15.1 Å². The van der Waals surface area contributed by atoms with Gasteiger partial charge in [0.05, 0.1) is 13.0 Å². The van der Waals surface area contributed by atoms with Crippen LogP contribution in [-0.2, 0) is 23.5 Å². The van der Waals surface area contributed by atoms with E-state index in [0.29, 0.717) is 0 Å². The molecule has 0 spiro atoms. The van der Waals surface area contributed by atoms with Crippen LogP contribution in [-0.4, -0.2) is 51.8 Å². The predicted octanol–water partition coefficient (Wildman–Crippen LogP) is -0.748. The Labute approximate surface area is 102 Å². The van der Waals surface area contributed by atoms with Gasteiger partial charge in [0.25, 0.3) is 0 Å². The zero-order valence-corrected chi connectivity index (χ0v) is 10.4. The van der Waals surface area contributed by atoms with Crippen molar-refractivity contribution in [3.05, 3.63) is 0 Å². The Kier molecular flexibility index (Phi) is 6.53. The minimum absolute atomic E-state index is 0.0848. The Bertz CT molecular complexity index is 381. The number of amides is 1. The van der Waals surface area contributed by atoms with Crippen LogP contribution in [0.15, 0.2) is 0 Å². The molecule has 0 aromatic rings. The van der Waals surface area contributed by atoms with E-state index < -0.39 is 44.1 Å². The number of nitrogens with one attached hydrogen (secondary N) is 1. The van der Waals surface area contributed by atoms with E-state index >= 15 is 0 Å². The van der Waals surface area contributed by atoms with Crippen LogP contribution in [0.25, 0.3) is 0 Å². The first-order valence-electron chi connectivity index (χ1n) is 4.88. The monoisotopic (exact) mass is 283 g/mol. The summed E-state index contributed by atoms with van der Waals surface area (Å²) in [5, 5.41) is 18.9. The summed E-state index contributed by atoms with van der Waals surface area (Å²) < 4.78 is 15.6. The first-order valence-corrected chi connectivity index (χ1v) is 6.64. The Hall–Kier alpha value is -1.44. The lowest BCUT2D eigenvalue weighted by Gasteiger charge is -2.14. The number of aliphatic carboxylic acids is 2. The fourth-order valence-electron chi connectivity index (χ4n) is 1.04. The van der Waals surface area contributed by atoms with Gasteiger partial charge in [0, 0.05) is 0 Å². The van der Waals surface area contributed by atoms with Gasteiger partial charge in [-0.2, -0.15) is 0 Å². The number of rotatable bonds is 8. The molecule has 0 aliphatic rings. The van der Waals surface area contributed by atoms with Crippen molar-refractivity contribution in [2.45, 2.75) is 19.4 Å². The fourth-order valence-corrected chi connectivity index (χ4v) is 1.99. The van der Waals surface area contributed by atoms with Crippen LogP contribution < -0.4 is 5.32 Å². The van der Waals surface area contributed by atoms with Crippen LogP contribution in [0, 0.1) is 0 Å². The van der Waals surface area contributed by atoms with Crippen molar-refractivity contribution in [2.24, 2.45) is 0 Å². The zero-order chi connectivity index (χ0) is 14.3. The molecule has 0 aliphatic heterocycles. The molecule has 0 rings (SSSR count). The third-order valence-electron chi connectivity index (χ3n) is 1.69. The number of carboxylic acids is 2. The molecule has 4 N–H and O–H groups in total. The van der Waals surface area contributed by atoms with E-state index in [0.717, 1.165) is 0 Å². The van der Waals surface area contributed by atoms with Gasteiger partial charge in [0.2, 0.25) is 5.91 Å². The van der Waals surface area contributed by atoms with E-state index in [1.165, 1.54) is 6.92 Å². The van der Waals surface area contributed by atoms with Gasteiger partial charge in [-0.1, -0.05) is 0 Å². The molecule has 0 aromatic heterocycles. The highest BCUT2D eigenvalue weighted by Crippen LogP contribution is 2.40. The predicted molar refractivity (Wildman–Crippen MR) is 58.1 cm³/mol. The normalized spacial score (nSPS) is 15.4. The second-order valence-electron chi connectivity index (χ2n) is 3.27. The largest absolute Gasteiger partial charge is 0.481 e. The first-order chi connectivity index (χ1) is 8.18. The summed E-state index contributed by atoms with van der Waals surface area (Å²) in [7, 11) is -4.12. The van der Waals surface area contributed by atoms with Gasteiger partial charge in [-0.25, -0.2) is 4.79 Å². The molecule has 0 radical (unpaired) electrons. The average Bonchev–Trinajstić information content (AvgIpc) is 2.14. The maximum atomic E-state index is 11.3. The number of hydrogen-bond donors (Lipinski definition) is 4. The Morgan fingerprint density at radius 2 is 1.89 bits per heavy atom. The lowest BCUT2D eigenvalue weighted by molar-refractivity contribution is -0.147. The molecule has 0 saturated heterocycles. The molecule has 18 heavy (non-hydrogen) atoms. The van der Waals surface area contributed by atoms with Crippen molar-refractivity contribution in [1.82, 2.24) is 5.32 Å². The summed E-state index contributed by atoms with van der Waals surface area (Å²) in [6.07, 6.45) is -1.75. The highest BCUT2D eigenvalue weighted by Gasteiger charge is 2.28. The second kappa shape index (κ2) is 7.10. The van der Waals surface area contributed by atoms with Crippen LogP contribution in [0.5, 0.6) is 0 Å². The summed E-state index contributed by atoms with van der Waals surface area (Å²) in [4.78, 5) is 41.3. The minimum Gasteiger partial charge on any atom is -0.481 e. The molecule has 0 aromatic carbocycles. The van der Waals surface area contributed by atoms with Crippen LogP contribution >= 0.6 is 7.60 Å². The van der Waals surface area contributed by atoms with Crippen molar-refractivity contribution in [3.63, 3.8) is 0 Å². The molecule has 0 saturated carbocycles. The number of carbonyl (C=O) groups excluding carboxylic acids is 1. The molecule has 10 heteroatoms. The Morgan fingerprint density at radius 1 is 1.33 bits per heavy atom. The van der Waals surface area contributed by atoms with Crippen molar-refractivity contribution in [2.75, 3.05) is 12.8 Å². The third kappa shape index (κ3) is 7.00. The molecular weight excluding hydrogens is 269 g/mol. The van der Waals surface area contributed by atoms with Crippen LogP contribution in [0.4, 0.5) is 0 Å². The average molecular weight is 283 g/mol. The van der Waals surface area contributed by atoms with Crippen molar-refractivity contribution < 1.29 is 38.6 Å². The quantitative estimate of drug-likeness (QED) is 0.425. The van der Waals surface area contributed by atoms with Gasteiger partial charge in [0.1, 0.15) is 12.2 Å². The molecule has 0 aliphatic carbocycles. The molecule has 0 bridgehead atoms. The summed E-state index contributed by atoms with van der Waals surface area (Å²) in [6, 6.07) is -1.66. The summed E-state index contributed by atoms with van der Waals surface area (Å²) in [5.41, 5.74) is 0. The SMILES string of the molecule is CCOP(=O)(O)CC(=O)NC(CC(=O)O)C(=O)O. The third-order valence-corrected chi connectivity index (χ3v) is 3.03. The highest BCUT2D eigenvalue weighted by molar-refractivity contribution is 7.53. The number of carboxylic acid groups (broad SMARTS) is 2. The van der Waals surface area contributed by atoms with E-state index in [9.17, 15) is 18.9 Å². The molecule has 1 amide bonds. The van der Waals surface area contributed by atoms with Crippen LogP contribution in [0.1, 0.15) is 13.3 Å². The smallest absolute Gasteiger partial charge is 0.337 e. The zero-order valence-electron chi connectivity index (χ0n) is 9.53. The van der Waals surface area contributed by atoms with Gasteiger partial charge in [-0.3, -0.25) is 14.2 Å². The Morgan fingerprint density at radius 3 is 2.28 bits per heavy atom. The van der Waals surface area contributed by atoms with Gasteiger partial charge >= 0.3 is 19.5 Å². The standard InChI is InChI=1S/C8H14NO8P/c1-2-17-18(15,16)4-6(10)9-5(8(13)14)3-7(11)12/h5H,2-4H2,1H3,(H,9,10)(H,11,12)(H,13,14)(H,15,16). The van der Waals surface area contributed by atoms with Crippen molar-refractivity contribution >= 4 is 25.4 Å². The van der Waals surface area contributed by atoms with Gasteiger partial charge in [-0.15, -0.1) is 0 Å². The van der Waals surface area contributed by atoms with Crippen molar-refractivity contribution in [3.8, 4) is 0 Å². The maximum absolute atomic E-state index is 11.3. The van der Waals surface area contributed by atoms with E-state index in [2.05, 4.69) is 4.52 Å². The minimum atomic E-state index is -4.12. The summed E-state index contributed by atoms with van der Waals surface area (Å²) in [5.74, 6) is -4.03. The molecule has 2 atom stereocenters. The molecular formula is C8H14NO8P. The van der Waals surface area contributed by atoms with Gasteiger partial charge < -0.3 is 24.9 Å². The van der Waals surface area contributed by atoms with Crippen LogP contribution in [0.2, 0.25) is 0 Å². The number of carbonyl (C=O) groups is 3. The lowest BCUT2D eigenvalue weighted by atomic mass is 10.2. The summed E-state index contributed by atoms with van der Waals surface area (Å²) >= 11 is 0. The highest BCUT2D eigenvalue weighted by atomic mass is 31.2. The van der Waals surface area contributed by atoms with E-state index in [1.807, 2.05) is 5.32 Å². The second-order valence-corrected chi connectivity index (χ2v) is 5.12. The van der Waals surface area contributed by atoms with Gasteiger partial charge in [0.15, 0.2) is 0 Å². The molecule has 0 heterocycles. The maximum Gasteiger partial charge on any atom is 0.337 e. The fraction of sp³-hybridized carbons (Fsp3) is 0.625. The number of hydrogen-bond acceptors (Lipinski definition) is 5. The molecule has 9 nitrogen and oxygen atoms in total. The Balaban J connectivity index is 4.48. The molecule has 0 fully saturated rings. The molecule has 104 valence electrons. The molecule has 2 unspecified atom stereocenters. The van der Waals surface area contributed by atoms with E-state index in [-0.39, 0.29) is 6.61 Å². The van der Waals surface area contributed by atoms with E-state index in [1.54, 1.807) is 0 Å². The van der Waals surface area contributed by atoms with Crippen molar-refractivity contribution in [1.29, 1.82) is 0 Å².